The van der Waals surface area contributed by atoms with Gasteiger partial charge in [0.15, 0.2) is 0 Å². The first-order chi connectivity index (χ1) is 16.5. The van der Waals surface area contributed by atoms with Crippen LogP contribution in [0.1, 0.15) is 59.6 Å². The van der Waals surface area contributed by atoms with E-state index in [1.54, 1.807) is 25.3 Å². The van der Waals surface area contributed by atoms with Crippen molar-refractivity contribution in [2.24, 2.45) is 0 Å². The number of likely N-dealkylation sites (tertiary alicyclic amines) is 2. The summed E-state index contributed by atoms with van der Waals surface area (Å²) in [6.45, 7) is 4.80. The Morgan fingerprint density at radius 1 is 1.18 bits per heavy atom. The van der Waals surface area contributed by atoms with Gasteiger partial charge in [-0.25, -0.2) is 4.98 Å². The molecular formula is C26H33N5O3. The van der Waals surface area contributed by atoms with E-state index in [0.29, 0.717) is 29.9 Å². The van der Waals surface area contributed by atoms with Crippen molar-refractivity contribution in [1.82, 2.24) is 20.1 Å². The summed E-state index contributed by atoms with van der Waals surface area (Å²) < 4.78 is 0. The van der Waals surface area contributed by atoms with Crippen molar-refractivity contribution < 1.29 is 14.7 Å². The summed E-state index contributed by atoms with van der Waals surface area (Å²) in [6, 6.07) is 12.6. The predicted octanol–water partition coefficient (Wildman–Crippen LogP) is 2.14. The third-order valence-electron chi connectivity index (χ3n) is 7.46. The summed E-state index contributed by atoms with van der Waals surface area (Å²) in [6.07, 6.45) is 3.83. The average Bonchev–Trinajstić information content (AvgIpc) is 3.42. The summed E-state index contributed by atoms with van der Waals surface area (Å²) in [5.41, 5.74) is 3.36. The summed E-state index contributed by atoms with van der Waals surface area (Å²) in [4.78, 5) is 32.7. The first kappa shape index (κ1) is 22.8. The predicted molar refractivity (Wildman–Crippen MR) is 130 cm³/mol. The number of nitrogens with one attached hydrogen (secondary N) is 2. The molecule has 2 amide bonds. The van der Waals surface area contributed by atoms with Crippen LogP contribution in [0.5, 0.6) is 0 Å². The number of fused-ring (bicyclic) bond motifs is 5. The maximum Gasteiger partial charge on any atom is 0.251 e. The molecule has 2 saturated heterocycles. The molecule has 0 radical (unpaired) electrons. The minimum atomic E-state index is -0.624. The minimum Gasteiger partial charge on any atom is -0.390 e. The summed E-state index contributed by atoms with van der Waals surface area (Å²) >= 11 is 0. The van der Waals surface area contributed by atoms with Crippen molar-refractivity contribution >= 4 is 17.6 Å². The molecule has 34 heavy (non-hydrogen) atoms. The highest BCUT2D eigenvalue weighted by atomic mass is 16.3. The zero-order valence-corrected chi connectivity index (χ0v) is 19.6. The molecule has 2 aromatic rings. The molecule has 3 aliphatic rings. The van der Waals surface area contributed by atoms with Crippen molar-refractivity contribution in [1.29, 1.82) is 0 Å². The molecule has 3 heterocycles. The molecule has 0 spiro atoms. The van der Waals surface area contributed by atoms with Crippen molar-refractivity contribution in [3.05, 3.63) is 59.3 Å². The lowest BCUT2D eigenvalue weighted by Crippen LogP contribution is -2.41. The first-order valence-electron chi connectivity index (χ1n) is 12.2. The third-order valence-corrected chi connectivity index (χ3v) is 7.46. The van der Waals surface area contributed by atoms with Gasteiger partial charge >= 0.3 is 0 Å². The molecule has 8 heteroatoms. The molecule has 8 nitrogen and oxygen atoms in total. The van der Waals surface area contributed by atoms with E-state index in [-0.39, 0.29) is 24.4 Å². The van der Waals surface area contributed by atoms with Gasteiger partial charge in [0, 0.05) is 63.5 Å². The molecular weight excluding hydrogens is 430 g/mol. The van der Waals surface area contributed by atoms with Crippen LogP contribution in [-0.2, 0) is 4.79 Å². The molecule has 1 aromatic carbocycles. The number of piperidine rings is 1. The van der Waals surface area contributed by atoms with Crippen molar-refractivity contribution in [2.75, 3.05) is 38.0 Å². The number of benzene rings is 1. The number of rotatable bonds is 7. The maximum absolute atomic E-state index is 12.7. The fourth-order valence-electron chi connectivity index (χ4n) is 5.69. The van der Waals surface area contributed by atoms with Crippen LogP contribution in [0.3, 0.4) is 0 Å². The number of β-amino-alcohol motifs (C(OH)–C–C–N with tert-alkyl or cyclic N) is 1. The summed E-state index contributed by atoms with van der Waals surface area (Å²) in [7, 11) is 0. The van der Waals surface area contributed by atoms with E-state index in [4.69, 9.17) is 0 Å². The molecule has 2 aliphatic heterocycles. The van der Waals surface area contributed by atoms with E-state index in [2.05, 4.69) is 44.8 Å². The minimum absolute atomic E-state index is 0.111. The smallest absolute Gasteiger partial charge is 0.251 e. The number of hydrogen-bond acceptors (Lipinski definition) is 6. The normalized spacial score (nSPS) is 22.9. The Morgan fingerprint density at radius 2 is 1.94 bits per heavy atom. The molecule has 5 rings (SSSR count). The van der Waals surface area contributed by atoms with Crippen LogP contribution < -0.4 is 10.6 Å². The number of aliphatic hydroxyl groups excluding tert-OH is 1. The van der Waals surface area contributed by atoms with Crippen LogP contribution in [0.2, 0.25) is 0 Å². The van der Waals surface area contributed by atoms with Crippen LogP contribution in [-0.4, -0.2) is 76.6 Å². The first-order valence-corrected chi connectivity index (χ1v) is 12.2. The molecule has 180 valence electrons. The molecule has 0 saturated carbocycles. The number of anilines is 1. The number of aliphatic hydroxyl groups is 1. The van der Waals surface area contributed by atoms with Gasteiger partial charge in [0.2, 0.25) is 5.91 Å². The fourth-order valence-corrected chi connectivity index (χ4v) is 5.69. The van der Waals surface area contributed by atoms with E-state index in [1.165, 1.54) is 11.1 Å². The zero-order chi connectivity index (χ0) is 23.7. The highest BCUT2D eigenvalue weighted by molar-refractivity contribution is 5.94. The monoisotopic (exact) mass is 463 g/mol. The summed E-state index contributed by atoms with van der Waals surface area (Å²) in [5, 5.41) is 16.9. The number of pyridine rings is 1. The molecule has 1 aliphatic carbocycles. The third kappa shape index (κ3) is 4.79. The van der Waals surface area contributed by atoms with E-state index >= 15 is 0 Å². The quantitative estimate of drug-likeness (QED) is 0.582. The van der Waals surface area contributed by atoms with Crippen LogP contribution in [0.25, 0.3) is 0 Å². The van der Waals surface area contributed by atoms with Crippen LogP contribution in [0.15, 0.2) is 42.6 Å². The standard InChI is InChI=1S/C26H33N5O3/c1-17(32)30-10-7-20(8-11-30)29-25-13-18(6-9-27-25)26(34)28-14-21(33)16-31-15-19-12-24(31)23-5-3-2-4-22(19)23/h2-6,9,13,19-21,24,33H,7-8,10-12,14-16H2,1H3,(H,27,29)(H,28,34)/t19?,21-,24?/m0/s1. The van der Waals surface area contributed by atoms with E-state index in [9.17, 15) is 14.7 Å². The molecule has 3 atom stereocenters. The highest BCUT2D eigenvalue weighted by Gasteiger charge is 2.42. The Hall–Kier alpha value is -2.97. The number of amides is 2. The van der Waals surface area contributed by atoms with Gasteiger partial charge in [-0.1, -0.05) is 24.3 Å². The second kappa shape index (κ2) is 9.72. The largest absolute Gasteiger partial charge is 0.390 e. The van der Waals surface area contributed by atoms with E-state index in [1.807, 2.05) is 4.90 Å². The van der Waals surface area contributed by atoms with Gasteiger partial charge in [0.05, 0.1) is 6.10 Å². The van der Waals surface area contributed by atoms with Gasteiger partial charge in [-0.15, -0.1) is 0 Å². The van der Waals surface area contributed by atoms with Gasteiger partial charge in [-0.2, -0.15) is 0 Å². The Labute approximate surface area is 200 Å². The Kier molecular flexibility index (Phi) is 6.52. The topological polar surface area (TPSA) is 97.8 Å². The number of aromatic nitrogens is 1. The Balaban J connectivity index is 1.10. The van der Waals surface area contributed by atoms with Gasteiger partial charge in [-0.05, 0) is 48.4 Å². The van der Waals surface area contributed by atoms with Crippen molar-refractivity contribution in [3.63, 3.8) is 0 Å². The summed E-state index contributed by atoms with van der Waals surface area (Å²) in [5.74, 6) is 1.10. The molecule has 2 unspecified atom stereocenters. The van der Waals surface area contributed by atoms with Gasteiger partial charge in [-0.3, -0.25) is 14.5 Å². The Bertz CT molecular complexity index is 1050. The fraction of sp³-hybridized carbons (Fsp3) is 0.500. The SMILES string of the molecule is CC(=O)N1CCC(Nc2cc(C(=O)NC[C@H](O)CN3CC4CC3c3ccccc34)ccn2)CC1. The zero-order valence-electron chi connectivity index (χ0n) is 19.6. The highest BCUT2D eigenvalue weighted by Crippen LogP contribution is 2.49. The van der Waals surface area contributed by atoms with E-state index in [0.717, 1.165) is 38.9 Å². The number of hydrogen-bond donors (Lipinski definition) is 3. The number of carbonyl (C=O) groups is 2. The van der Waals surface area contributed by atoms with Crippen molar-refractivity contribution in [3.8, 4) is 0 Å². The van der Waals surface area contributed by atoms with Gasteiger partial charge in [0.1, 0.15) is 5.82 Å². The second-order valence-electron chi connectivity index (χ2n) is 9.75. The van der Waals surface area contributed by atoms with Gasteiger partial charge in [0.25, 0.3) is 5.91 Å². The van der Waals surface area contributed by atoms with Crippen molar-refractivity contribution in [2.45, 2.75) is 50.3 Å². The lowest BCUT2D eigenvalue weighted by atomic mass is 9.99. The molecule has 2 bridgehead atoms. The average molecular weight is 464 g/mol. The Morgan fingerprint density at radius 3 is 2.71 bits per heavy atom. The van der Waals surface area contributed by atoms with E-state index < -0.39 is 6.10 Å². The lowest BCUT2D eigenvalue weighted by Gasteiger charge is -2.32. The molecule has 1 aromatic heterocycles. The van der Waals surface area contributed by atoms with Crippen LogP contribution in [0.4, 0.5) is 5.82 Å². The molecule has 2 fully saturated rings. The lowest BCUT2D eigenvalue weighted by molar-refractivity contribution is -0.129. The number of nitrogens with zero attached hydrogens (tertiary/aromatic N) is 3. The van der Waals surface area contributed by atoms with Crippen LogP contribution >= 0.6 is 0 Å². The number of carbonyl (C=O) groups excluding carboxylic acids is 2. The van der Waals surface area contributed by atoms with Gasteiger partial charge < -0.3 is 20.6 Å². The maximum atomic E-state index is 12.7. The van der Waals surface area contributed by atoms with Crippen LogP contribution in [0, 0.1) is 0 Å². The second-order valence-corrected chi connectivity index (χ2v) is 9.75. The molecule has 3 N–H and O–H groups in total.